The van der Waals surface area contributed by atoms with Gasteiger partial charge in [-0.25, -0.2) is 4.79 Å². The van der Waals surface area contributed by atoms with E-state index in [1.165, 1.54) is 5.56 Å². The van der Waals surface area contributed by atoms with E-state index < -0.39 is 0 Å². The maximum Gasteiger partial charge on any atom is 0.338 e. The normalized spacial score (nSPS) is 21.6. The molecule has 0 bridgehead atoms. The number of esters is 1. The van der Waals surface area contributed by atoms with Crippen molar-refractivity contribution in [2.45, 2.75) is 32.1 Å². The summed E-state index contributed by atoms with van der Waals surface area (Å²) in [5, 5.41) is 1.48. The summed E-state index contributed by atoms with van der Waals surface area (Å²) in [7, 11) is 0. The zero-order chi connectivity index (χ0) is 22.2. The molecule has 0 N–H and O–H groups in total. The fourth-order valence-electron chi connectivity index (χ4n) is 5.27. The zero-order valence-electron chi connectivity index (χ0n) is 17.9. The van der Waals surface area contributed by atoms with Crippen LogP contribution in [0.15, 0.2) is 82.9 Å². The number of hydrogen-bond acceptors (Lipinski definition) is 2. The molecule has 0 saturated heterocycles. The molecule has 3 aliphatic carbocycles. The minimum Gasteiger partial charge on any atom is -0.462 e. The van der Waals surface area contributed by atoms with Crippen LogP contribution in [0.2, 0.25) is 5.02 Å². The van der Waals surface area contributed by atoms with Crippen molar-refractivity contribution in [2.24, 2.45) is 5.92 Å². The van der Waals surface area contributed by atoms with Crippen LogP contribution in [0.3, 0.4) is 0 Å². The number of ether oxygens (including phenoxy) is 1. The first-order chi connectivity index (χ1) is 15.6. The molecule has 2 atom stereocenters. The Kier molecular flexibility index (Phi) is 5.84. The fourth-order valence-corrected chi connectivity index (χ4v) is 5.79. The van der Waals surface area contributed by atoms with Crippen LogP contribution in [-0.2, 0) is 9.53 Å². The fraction of sp³-hybridized carbons (Fsp3) is 0.250. The lowest BCUT2D eigenvalue weighted by Crippen LogP contribution is -2.13. The third-order valence-electron chi connectivity index (χ3n) is 6.62. The third-order valence-corrected chi connectivity index (χ3v) is 7.19. The quantitative estimate of drug-likeness (QED) is 0.434. The van der Waals surface area contributed by atoms with Gasteiger partial charge in [-0.3, -0.25) is 0 Å². The SMILES string of the molecule is CCOC(=O)C1=C(C2C=C(Cl)C=CC2)CCC2C(=C1)c1ccccc1-c1c(Cl)cccc12. The summed E-state index contributed by atoms with van der Waals surface area (Å²) in [5.41, 5.74) is 7.53. The summed E-state index contributed by atoms with van der Waals surface area (Å²) >= 11 is 13.0. The van der Waals surface area contributed by atoms with Crippen molar-refractivity contribution < 1.29 is 9.53 Å². The largest absolute Gasteiger partial charge is 0.462 e. The Bertz CT molecular complexity index is 1220. The first-order valence-electron chi connectivity index (χ1n) is 11.1. The van der Waals surface area contributed by atoms with Crippen LogP contribution < -0.4 is 0 Å². The van der Waals surface area contributed by atoms with Crippen molar-refractivity contribution >= 4 is 34.7 Å². The van der Waals surface area contributed by atoms with E-state index in [2.05, 4.69) is 36.4 Å². The highest BCUT2D eigenvalue weighted by Crippen LogP contribution is 2.53. The second-order valence-corrected chi connectivity index (χ2v) is 9.24. The summed E-state index contributed by atoms with van der Waals surface area (Å²) in [4.78, 5) is 13.2. The molecule has 2 aromatic rings. The van der Waals surface area contributed by atoms with Gasteiger partial charge in [-0.1, -0.05) is 71.8 Å². The molecular formula is C28H24Cl2O2. The molecule has 0 spiro atoms. The van der Waals surface area contributed by atoms with Crippen LogP contribution in [0, 0.1) is 5.92 Å². The van der Waals surface area contributed by atoms with Gasteiger partial charge in [0.1, 0.15) is 0 Å². The van der Waals surface area contributed by atoms with Gasteiger partial charge in [0.2, 0.25) is 0 Å². The molecule has 2 nitrogen and oxygen atoms in total. The number of halogens is 2. The number of fused-ring (bicyclic) bond motifs is 6. The Morgan fingerprint density at radius 1 is 1.09 bits per heavy atom. The molecule has 0 aromatic heterocycles. The van der Waals surface area contributed by atoms with Gasteiger partial charge in [-0.2, -0.15) is 0 Å². The molecule has 162 valence electrons. The smallest absolute Gasteiger partial charge is 0.338 e. The minimum atomic E-state index is -0.260. The number of hydrogen-bond donors (Lipinski definition) is 0. The zero-order valence-corrected chi connectivity index (χ0v) is 19.4. The van der Waals surface area contributed by atoms with Crippen molar-refractivity contribution in [3.05, 3.63) is 99.1 Å². The van der Waals surface area contributed by atoms with Gasteiger partial charge in [0, 0.05) is 27.5 Å². The molecule has 32 heavy (non-hydrogen) atoms. The van der Waals surface area contributed by atoms with Crippen LogP contribution in [0.4, 0.5) is 0 Å². The highest BCUT2D eigenvalue weighted by molar-refractivity contribution is 6.34. The molecule has 5 rings (SSSR count). The summed E-state index contributed by atoms with van der Waals surface area (Å²) < 4.78 is 5.51. The average molecular weight is 463 g/mol. The highest BCUT2D eigenvalue weighted by Gasteiger charge is 2.34. The maximum atomic E-state index is 13.2. The topological polar surface area (TPSA) is 26.3 Å². The lowest BCUT2D eigenvalue weighted by atomic mass is 9.73. The lowest BCUT2D eigenvalue weighted by Gasteiger charge is -2.31. The molecular weight excluding hydrogens is 439 g/mol. The molecule has 3 aliphatic rings. The van der Waals surface area contributed by atoms with Gasteiger partial charge in [-0.15, -0.1) is 0 Å². The van der Waals surface area contributed by atoms with E-state index >= 15 is 0 Å². The minimum absolute atomic E-state index is 0.0954. The highest BCUT2D eigenvalue weighted by atomic mass is 35.5. The van der Waals surface area contributed by atoms with Gasteiger partial charge >= 0.3 is 5.97 Å². The second-order valence-electron chi connectivity index (χ2n) is 8.40. The molecule has 0 aliphatic heterocycles. The maximum absolute atomic E-state index is 13.2. The molecule has 0 radical (unpaired) electrons. The van der Waals surface area contributed by atoms with Crippen molar-refractivity contribution in [3.8, 4) is 11.1 Å². The van der Waals surface area contributed by atoms with Gasteiger partial charge in [-0.05, 0) is 72.2 Å². The van der Waals surface area contributed by atoms with Crippen LogP contribution in [-0.4, -0.2) is 12.6 Å². The number of rotatable bonds is 3. The van der Waals surface area contributed by atoms with E-state index in [1.807, 2.05) is 37.3 Å². The number of carbonyl (C=O) groups is 1. The molecule has 2 aromatic carbocycles. The molecule has 0 saturated carbocycles. The van der Waals surface area contributed by atoms with E-state index in [4.69, 9.17) is 27.9 Å². The van der Waals surface area contributed by atoms with Crippen LogP contribution in [0.5, 0.6) is 0 Å². The van der Waals surface area contributed by atoms with Crippen molar-refractivity contribution in [2.75, 3.05) is 6.61 Å². The van der Waals surface area contributed by atoms with E-state index in [1.54, 1.807) is 0 Å². The predicted molar refractivity (Wildman–Crippen MR) is 132 cm³/mol. The summed E-state index contributed by atoms with van der Waals surface area (Å²) in [6.45, 7) is 2.19. The lowest BCUT2D eigenvalue weighted by molar-refractivity contribution is -0.138. The summed E-state index contributed by atoms with van der Waals surface area (Å²) in [6.07, 6.45) is 10.7. The van der Waals surface area contributed by atoms with E-state index in [-0.39, 0.29) is 17.8 Å². The van der Waals surface area contributed by atoms with E-state index in [0.29, 0.717) is 17.2 Å². The standard InChI is InChI=1S/C28H24Cl2O2/c1-2-32-28(31)25-16-24-20-9-3-4-10-22(20)27-23(11-6-12-26(27)30)21(24)14-13-19(25)17-7-5-8-18(29)15-17/h3-6,8-12,15-17,21H,2,7,13-14H2,1H3. The number of allylic oxidation sites excluding steroid dienone is 6. The Labute approximate surface area is 198 Å². The van der Waals surface area contributed by atoms with Crippen LogP contribution in [0.1, 0.15) is 43.2 Å². The van der Waals surface area contributed by atoms with Crippen molar-refractivity contribution in [1.82, 2.24) is 0 Å². The van der Waals surface area contributed by atoms with Gasteiger partial charge in [0.05, 0.1) is 12.2 Å². The molecule has 0 heterocycles. The molecule has 4 heteroatoms. The molecule has 0 amide bonds. The first kappa shape index (κ1) is 21.3. The van der Waals surface area contributed by atoms with Crippen LogP contribution in [0.25, 0.3) is 16.7 Å². The van der Waals surface area contributed by atoms with Crippen molar-refractivity contribution in [3.63, 3.8) is 0 Å². The Hall–Kier alpha value is -2.55. The molecule has 2 unspecified atom stereocenters. The second kappa shape index (κ2) is 8.77. The van der Waals surface area contributed by atoms with E-state index in [0.717, 1.165) is 52.1 Å². The van der Waals surface area contributed by atoms with Gasteiger partial charge in [0.25, 0.3) is 0 Å². The van der Waals surface area contributed by atoms with Crippen molar-refractivity contribution in [1.29, 1.82) is 0 Å². The number of carbonyl (C=O) groups excluding carboxylic acids is 1. The Balaban J connectivity index is 1.72. The van der Waals surface area contributed by atoms with Gasteiger partial charge in [0.15, 0.2) is 0 Å². The molecule has 0 fully saturated rings. The Morgan fingerprint density at radius 2 is 1.91 bits per heavy atom. The summed E-state index contributed by atoms with van der Waals surface area (Å²) in [6, 6.07) is 14.5. The van der Waals surface area contributed by atoms with Gasteiger partial charge < -0.3 is 4.74 Å². The predicted octanol–water partition coefficient (Wildman–Crippen LogP) is 7.84. The first-order valence-corrected chi connectivity index (χ1v) is 11.9. The van der Waals surface area contributed by atoms with Crippen LogP contribution >= 0.6 is 23.2 Å². The monoisotopic (exact) mass is 462 g/mol. The Morgan fingerprint density at radius 3 is 2.69 bits per heavy atom. The average Bonchev–Trinajstić information content (AvgIpc) is 3.00. The van der Waals surface area contributed by atoms with E-state index in [9.17, 15) is 4.79 Å². The third kappa shape index (κ3) is 3.66. The number of benzene rings is 2. The summed E-state index contributed by atoms with van der Waals surface area (Å²) in [5.74, 6) is 0.00110.